The number of esters is 1. The van der Waals surface area contributed by atoms with E-state index in [1.54, 1.807) is 0 Å². The van der Waals surface area contributed by atoms with Crippen molar-refractivity contribution < 1.29 is 9.53 Å². The molecule has 3 heteroatoms. The number of hydrogen-bond acceptors (Lipinski definition) is 3. The van der Waals surface area contributed by atoms with Gasteiger partial charge in [-0.2, -0.15) is 0 Å². The molecule has 0 spiro atoms. The zero-order chi connectivity index (χ0) is 25.5. The lowest BCUT2D eigenvalue weighted by Crippen LogP contribution is -2.16. The van der Waals surface area contributed by atoms with E-state index in [1.165, 1.54) is 28.5 Å². The molecule has 5 aromatic rings. The Morgan fingerprint density at radius 1 is 0.649 bits per heavy atom. The van der Waals surface area contributed by atoms with Crippen LogP contribution in [-0.4, -0.2) is 5.97 Å². The van der Waals surface area contributed by atoms with Crippen LogP contribution in [0.3, 0.4) is 0 Å². The molecule has 5 rings (SSSR count). The van der Waals surface area contributed by atoms with Crippen molar-refractivity contribution in [1.82, 2.24) is 0 Å². The number of aryl methyl sites for hydroxylation is 2. The van der Waals surface area contributed by atoms with E-state index in [0.717, 1.165) is 35.8 Å². The summed E-state index contributed by atoms with van der Waals surface area (Å²) in [5.41, 5.74) is 6.11. The predicted octanol–water partition coefficient (Wildman–Crippen LogP) is 8.05. The fourth-order valence-electron chi connectivity index (χ4n) is 4.62. The summed E-state index contributed by atoms with van der Waals surface area (Å²) in [6.07, 6.45) is 2.99. The Kier molecular flexibility index (Phi) is 7.42. The third-order valence-electron chi connectivity index (χ3n) is 6.53. The van der Waals surface area contributed by atoms with Crippen molar-refractivity contribution in [2.24, 2.45) is 0 Å². The van der Waals surface area contributed by atoms with Gasteiger partial charge in [-0.3, -0.25) is 0 Å². The van der Waals surface area contributed by atoms with E-state index in [0.29, 0.717) is 5.75 Å². The van der Waals surface area contributed by atoms with Gasteiger partial charge in [0.25, 0.3) is 0 Å². The SMILES string of the molecule is C=CC(=O)Oc1ccc(CCc2ccc(N(Cc3ccccc3)c3ccccc3)cc2)c2ccccc12. The van der Waals surface area contributed by atoms with Crippen molar-refractivity contribution in [2.45, 2.75) is 19.4 Å². The molecule has 0 N–H and O–H groups in total. The zero-order valence-electron chi connectivity index (χ0n) is 20.7. The molecule has 182 valence electrons. The highest BCUT2D eigenvalue weighted by Gasteiger charge is 2.12. The molecule has 0 bridgehead atoms. The monoisotopic (exact) mass is 483 g/mol. The molecule has 0 saturated heterocycles. The second-order valence-electron chi connectivity index (χ2n) is 8.97. The Hall–Kier alpha value is -4.63. The number of anilines is 2. The molecule has 0 aromatic heterocycles. The molecular weight excluding hydrogens is 454 g/mol. The molecule has 0 saturated carbocycles. The Balaban J connectivity index is 1.35. The molecule has 37 heavy (non-hydrogen) atoms. The van der Waals surface area contributed by atoms with Crippen LogP contribution in [0.5, 0.6) is 5.75 Å². The van der Waals surface area contributed by atoms with Crippen LogP contribution in [0.1, 0.15) is 16.7 Å². The van der Waals surface area contributed by atoms with Gasteiger partial charge in [-0.15, -0.1) is 0 Å². The number of fused-ring (bicyclic) bond motifs is 1. The summed E-state index contributed by atoms with van der Waals surface area (Å²) >= 11 is 0. The third kappa shape index (κ3) is 5.79. The number of carbonyl (C=O) groups excluding carboxylic acids is 1. The number of para-hydroxylation sites is 1. The molecule has 0 radical (unpaired) electrons. The molecule has 0 unspecified atom stereocenters. The molecule has 0 heterocycles. The molecule has 5 aromatic carbocycles. The minimum Gasteiger partial charge on any atom is -0.423 e. The van der Waals surface area contributed by atoms with Crippen molar-refractivity contribution in [3.05, 3.63) is 151 Å². The molecule has 0 fully saturated rings. The van der Waals surface area contributed by atoms with Gasteiger partial charge in [0.2, 0.25) is 0 Å². The molecular formula is C34H29NO2. The lowest BCUT2D eigenvalue weighted by molar-refractivity contribution is -0.128. The maximum atomic E-state index is 11.7. The molecule has 3 nitrogen and oxygen atoms in total. The first-order valence-corrected chi connectivity index (χ1v) is 12.5. The predicted molar refractivity (Wildman–Crippen MR) is 152 cm³/mol. The van der Waals surface area contributed by atoms with Crippen LogP contribution in [0.2, 0.25) is 0 Å². The zero-order valence-corrected chi connectivity index (χ0v) is 20.7. The van der Waals surface area contributed by atoms with E-state index in [2.05, 4.69) is 102 Å². The van der Waals surface area contributed by atoms with Gasteiger partial charge < -0.3 is 9.64 Å². The van der Waals surface area contributed by atoms with Gasteiger partial charge >= 0.3 is 5.97 Å². The highest BCUT2D eigenvalue weighted by molar-refractivity contribution is 5.94. The van der Waals surface area contributed by atoms with Gasteiger partial charge in [0, 0.05) is 29.4 Å². The summed E-state index contributed by atoms with van der Waals surface area (Å²) in [6.45, 7) is 4.30. The summed E-state index contributed by atoms with van der Waals surface area (Å²) in [7, 11) is 0. The summed E-state index contributed by atoms with van der Waals surface area (Å²) < 4.78 is 5.45. The van der Waals surface area contributed by atoms with Gasteiger partial charge in [-0.05, 0) is 65.3 Å². The molecule has 0 aliphatic rings. The van der Waals surface area contributed by atoms with E-state index in [1.807, 2.05) is 30.3 Å². The fraction of sp³-hybridized carbons (Fsp3) is 0.0882. The largest absolute Gasteiger partial charge is 0.423 e. The van der Waals surface area contributed by atoms with E-state index < -0.39 is 5.97 Å². The van der Waals surface area contributed by atoms with Gasteiger partial charge in [-0.25, -0.2) is 4.79 Å². The standard InChI is InChI=1S/C34H29NO2/c1-2-34(36)37-33-24-21-28(31-15-9-10-16-32(31)33)20-17-26-18-22-30(23-19-26)35(29-13-7-4-8-14-29)25-27-11-5-3-6-12-27/h2-16,18-19,21-24H,1,17,20,25H2. The fourth-order valence-corrected chi connectivity index (χ4v) is 4.62. The third-order valence-corrected chi connectivity index (χ3v) is 6.53. The second kappa shape index (κ2) is 11.4. The summed E-state index contributed by atoms with van der Waals surface area (Å²) in [6, 6.07) is 41.9. The Labute approximate surface area is 218 Å². The van der Waals surface area contributed by atoms with Crippen LogP contribution in [0.15, 0.2) is 134 Å². The van der Waals surface area contributed by atoms with Gasteiger partial charge in [0.1, 0.15) is 5.75 Å². The van der Waals surface area contributed by atoms with Crippen molar-refractivity contribution >= 4 is 28.1 Å². The number of carbonyl (C=O) groups is 1. The van der Waals surface area contributed by atoms with Crippen molar-refractivity contribution in [1.29, 1.82) is 0 Å². The first kappa shape index (κ1) is 24.1. The van der Waals surface area contributed by atoms with E-state index in [9.17, 15) is 4.79 Å². The summed E-state index contributed by atoms with van der Waals surface area (Å²) in [5, 5.41) is 2.04. The topological polar surface area (TPSA) is 29.5 Å². The highest BCUT2D eigenvalue weighted by atomic mass is 16.5. The van der Waals surface area contributed by atoms with Crippen LogP contribution in [-0.2, 0) is 24.2 Å². The molecule has 0 aliphatic heterocycles. The molecule has 0 aliphatic carbocycles. The van der Waals surface area contributed by atoms with Crippen molar-refractivity contribution in [2.75, 3.05) is 4.90 Å². The summed E-state index contributed by atoms with van der Waals surface area (Å²) in [4.78, 5) is 14.1. The van der Waals surface area contributed by atoms with Crippen LogP contribution in [0.4, 0.5) is 11.4 Å². The minimum atomic E-state index is -0.449. The first-order valence-electron chi connectivity index (χ1n) is 12.5. The quantitative estimate of drug-likeness (QED) is 0.121. The Bertz CT molecular complexity index is 1490. The lowest BCUT2D eigenvalue weighted by atomic mass is 9.98. The minimum absolute atomic E-state index is 0.449. The van der Waals surface area contributed by atoms with E-state index in [-0.39, 0.29) is 0 Å². The van der Waals surface area contributed by atoms with E-state index in [4.69, 9.17) is 4.74 Å². The van der Waals surface area contributed by atoms with Crippen LogP contribution in [0, 0.1) is 0 Å². The van der Waals surface area contributed by atoms with Crippen molar-refractivity contribution in [3.63, 3.8) is 0 Å². The van der Waals surface area contributed by atoms with Gasteiger partial charge in [0.15, 0.2) is 0 Å². The maximum Gasteiger partial charge on any atom is 0.335 e. The second-order valence-corrected chi connectivity index (χ2v) is 8.97. The Morgan fingerprint density at radius 3 is 1.97 bits per heavy atom. The Morgan fingerprint density at radius 2 is 1.27 bits per heavy atom. The molecule has 0 amide bonds. The lowest BCUT2D eigenvalue weighted by Gasteiger charge is -2.25. The maximum absolute atomic E-state index is 11.7. The number of hydrogen-bond donors (Lipinski definition) is 0. The number of nitrogens with zero attached hydrogens (tertiary/aromatic N) is 1. The average Bonchev–Trinajstić information content (AvgIpc) is 2.97. The summed E-state index contributed by atoms with van der Waals surface area (Å²) in [5.74, 6) is 0.114. The number of ether oxygens (including phenoxy) is 1. The van der Waals surface area contributed by atoms with Gasteiger partial charge in [-0.1, -0.05) is 97.6 Å². The van der Waals surface area contributed by atoms with E-state index >= 15 is 0 Å². The van der Waals surface area contributed by atoms with Crippen LogP contribution in [0.25, 0.3) is 10.8 Å². The smallest absolute Gasteiger partial charge is 0.335 e. The first-order chi connectivity index (χ1) is 18.2. The van der Waals surface area contributed by atoms with Crippen molar-refractivity contribution in [3.8, 4) is 5.75 Å². The highest BCUT2D eigenvalue weighted by Crippen LogP contribution is 2.31. The van der Waals surface area contributed by atoms with Gasteiger partial charge in [0.05, 0.1) is 0 Å². The normalized spacial score (nSPS) is 10.7. The van der Waals surface area contributed by atoms with Crippen LogP contribution < -0.4 is 9.64 Å². The average molecular weight is 484 g/mol. The number of benzene rings is 5. The van der Waals surface area contributed by atoms with Crippen LogP contribution >= 0.6 is 0 Å². The number of rotatable bonds is 9. The molecule has 0 atom stereocenters.